The molecule has 0 aliphatic carbocycles. The SMILES string of the molecule is COc1ccc(-c2cc3cc(Br)cnc3o2)cc1. The Bertz CT molecular complexity index is 689. The number of methoxy groups -OCH3 is 1. The van der Waals surface area contributed by atoms with Crippen LogP contribution in [0.5, 0.6) is 5.75 Å². The van der Waals surface area contributed by atoms with Crippen molar-refractivity contribution >= 4 is 27.0 Å². The van der Waals surface area contributed by atoms with Crippen LogP contribution < -0.4 is 4.74 Å². The molecule has 0 N–H and O–H groups in total. The van der Waals surface area contributed by atoms with Gasteiger partial charge in [0.25, 0.3) is 0 Å². The smallest absolute Gasteiger partial charge is 0.226 e. The van der Waals surface area contributed by atoms with Crippen LogP contribution in [0.1, 0.15) is 0 Å². The number of rotatable bonds is 2. The number of fused-ring (bicyclic) bond motifs is 1. The Hall–Kier alpha value is -1.81. The molecule has 0 aliphatic heterocycles. The molecule has 0 saturated carbocycles. The molecule has 0 unspecified atom stereocenters. The summed E-state index contributed by atoms with van der Waals surface area (Å²) in [5.74, 6) is 1.63. The van der Waals surface area contributed by atoms with Crippen molar-refractivity contribution in [2.45, 2.75) is 0 Å². The van der Waals surface area contributed by atoms with E-state index in [4.69, 9.17) is 9.15 Å². The molecule has 0 atom stereocenters. The van der Waals surface area contributed by atoms with Crippen molar-refractivity contribution in [1.29, 1.82) is 0 Å². The van der Waals surface area contributed by atoms with E-state index in [2.05, 4.69) is 20.9 Å². The van der Waals surface area contributed by atoms with Crippen LogP contribution >= 0.6 is 15.9 Å². The Kier molecular flexibility index (Phi) is 2.80. The quantitative estimate of drug-likeness (QED) is 0.709. The molecule has 2 heterocycles. The number of halogens is 1. The van der Waals surface area contributed by atoms with Gasteiger partial charge in [-0.05, 0) is 52.3 Å². The van der Waals surface area contributed by atoms with Crippen LogP contribution in [0.15, 0.2) is 51.5 Å². The highest BCUT2D eigenvalue weighted by molar-refractivity contribution is 9.10. The lowest BCUT2D eigenvalue weighted by Gasteiger charge is -1.99. The molecule has 3 rings (SSSR count). The molecule has 0 fully saturated rings. The Balaban J connectivity index is 2.07. The van der Waals surface area contributed by atoms with E-state index in [1.165, 1.54) is 0 Å². The third-order valence-electron chi connectivity index (χ3n) is 2.71. The largest absolute Gasteiger partial charge is 0.497 e. The van der Waals surface area contributed by atoms with E-state index >= 15 is 0 Å². The molecule has 0 bridgehead atoms. The second-order valence-corrected chi connectivity index (χ2v) is 4.80. The number of aromatic nitrogens is 1. The van der Waals surface area contributed by atoms with E-state index < -0.39 is 0 Å². The summed E-state index contributed by atoms with van der Waals surface area (Å²) in [5, 5.41) is 0.982. The van der Waals surface area contributed by atoms with Gasteiger partial charge in [-0.25, -0.2) is 4.98 Å². The predicted octanol–water partition coefficient (Wildman–Crippen LogP) is 4.27. The first-order valence-electron chi connectivity index (χ1n) is 5.46. The molecule has 0 amide bonds. The summed E-state index contributed by atoms with van der Waals surface area (Å²) in [7, 11) is 1.65. The minimum absolute atomic E-state index is 0.643. The van der Waals surface area contributed by atoms with Crippen LogP contribution in [0.3, 0.4) is 0 Å². The topological polar surface area (TPSA) is 35.3 Å². The average Bonchev–Trinajstić information content (AvgIpc) is 2.81. The zero-order valence-corrected chi connectivity index (χ0v) is 11.3. The van der Waals surface area contributed by atoms with Gasteiger partial charge in [0.15, 0.2) is 0 Å². The minimum atomic E-state index is 0.643. The Morgan fingerprint density at radius 3 is 2.67 bits per heavy atom. The van der Waals surface area contributed by atoms with Crippen molar-refractivity contribution in [1.82, 2.24) is 4.98 Å². The minimum Gasteiger partial charge on any atom is -0.497 e. The monoisotopic (exact) mass is 303 g/mol. The van der Waals surface area contributed by atoms with E-state index in [9.17, 15) is 0 Å². The molecule has 90 valence electrons. The predicted molar refractivity (Wildman–Crippen MR) is 73.7 cm³/mol. The van der Waals surface area contributed by atoms with Crippen LogP contribution in [-0.4, -0.2) is 12.1 Å². The highest BCUT2D eigenvalue weighted by Gasteiger charge is 2.07. The summed E-state index contributed by atoms with van der Waals surface area (Å²) >= 11 is 3.40. The number of furan rings is 1. The Morgan fingerprint density at radius 1 is 1.17 bits per heavy atom. The van der Waals surface area contributed by atoms with Gasteiger partial charge in [0.1, 0.15) is 11.5 Å². The molecule has 1 aromatic carbocycles. The lowest BCUT2D eigenvalue weighted by atomic mass is 10.1. The summed E-state index contributed by atoms with van der Waals surface area (Å²) < 4.78 is 11.8. The second-order valence-electron chi connectivity index (χ2n) is 3.89. The van der Waals surface area contributed by atoms with Gasteiger partial charge in [-0.3, -0.25) is 0 Å². The summed E-state index contributed by atoms with van der Waals surface area (Å²) in [6.45, 7) is 0. The number of hydrogen-bond donors (Lipinski definition) is 0. The van der Waals surface area contributed by atoms with Crippen molar-refractivity contribution in [3.63, 3.8) is 0 Å². The highest BCUT2D eigenvalue weighted by atomic mass is 79.9. The van der Waals surface area contributed by atoms with Gasteiger partial charge in [0, 0.05) is 21.6 Å². The summed E-state index contributed by atoms with van der Waals surface area (Å²) in [6, 6.07) is 11.7. The van der Waals surface area contributed by atoms with Gasteiger partial charge in [-0.1, -0.05) is 0 Å². The van der Waals surface area contributed by atoms with E-state index in [-0.39, 0.29) is 0 Å². The molecule has 0 aliphatic rings. The van der Waals surface area contributed by atoms with E-state index in [0.717, 1.165) is 26.9 Å². The third-order valence-corrected chi connectivity index (χ3v) is 3.15. The lowest BCUT2D eigenvalue weighted by molar-refractivity contribution is 0.415. The lowest BCUT2D eigenvalue weighted by Crippen LogP contribution is -1.81. The molecule has 0 saturated heterocycles. The zero-order chi connectivity index (χ0) is 12.5. The number of benzene rings is 1. The van der Waals surface area contributed by atoms with Gasteiger partial charge in [-0.15, -0.1) is 0 Å². The molecule has 0 spiro atoms. The molecule has 18 heavy (non-hydrogen) atoms. The van der Waals surface area contributed by atoms with E-state index in [1.807, 2.05) is 36.4 Å². The standard InChI is InChI=1S/C14H10BrNO2/c1-17-12-4-2-9(3-5-12)13-7-10-6-11(15)8-16-14(10)18-13/h2-8H,1H3. The number of pyridine rings is 1. The van der Waals surface area contributed by atoms with Crippen molar-refractivity contribution in [3.8, 4) is 17.1 Å². The summed E-state index contributed by atoms with van der Waals surface area (Å²) in [4.78, 5) is 4.22. The third kappa shape index (κ3) is 1.99. The van der Waals surface area contributed by atoms with E-state index in [0.29, 0.717) is 5.71 Å². The van der Waals surface area contributed by atoms with Crippen LogP contribution in [-0.2, 0) is 0 Å². The zero-order valence-electron chi connectivity index (χ0n) is 9.68. The Morgan fingerprint density at radius 2 is 1.94 bits per heavy atom. The fourth-order valence-corrected chi connectivity index (χ4v) is 2.15. The van der Waals surface area contributed by atoms with Gasteiger partial charge >= 0.3 is 0 Å². The van der Waals surface area contributed by atoms with Crippen LogP contribution in [0, 0.1) is 0 Å². The fourth-order valence-electron chi connectivity index (χ4n) is 1.80. The normalized spacial score (nSPS) is 10.8. The number of nitrogens with zero attached hydrogens (tertiary/aromatic N) is 1. The molecular weight excluding hydrogens is 294 g/mol. The fraction of sp³-hybridized carbons (Fsp3) is 0.0714. The van der Waals surface area contributed by atoms with Gasteiger partial charge in [0.05, 0.1) is 7.11 Å². The van der Waals surface area contributed by atoms with Crippen molar-refractivity contribution < 1.29 is 9.15 Å². The van der Waals surface area contributed by atoms with Crippen LogP contribution in [0.2, 0.25) is 0 Å². The van der Waals surface area contributed by atoms with Gasteiger partial charge in [-0.2, -0.15) is 0 Å². The average molecular weight is 304 g/mol. The first-order valence-corrected chi connectivity index (χ1v) is 6.25. The van der Waals surface area contributed by atoms with E-state index in [1.54, 1.807) is 13.3 Å². The summed E-state index contributed by atoms with van der Waals surface area (Å²) in [6.07, 6.45) is 1.73. The van der Waals surface area contributed by atoms with Crippen molar-refractivity contribution in [2.75, 3.05) is 7.11 Å². The number of ether oxygens (including phenoxy) is 1. The maximum atomic E-state index is 5.71. The number of hydrogen-bond acceptors (Lipinski definition) is 3. The molecule has 0 radical (unpaired) electrons. The van der Waals surface area contributed by atoms with Crippen molar-refractivity contribution in [2.24, 2.45) is 0 Å². The van der Waals surface area contributed by atoms with Gasteiger partial charge < -0.3 is 9.15 Å². The second kappa shape index (κ2) is 4.46. The van der Waals surface area contributed by atoms with Crippen LogP contribution in [0.25, 0.3) is 22.4 Å². The summed E-state index contributed by atoms with van der Waals surface area (Å²) in [5.41, 5.74) is 1.65. The molecular formula is C14H10BrNO2. The van der Waals surface area contributed by atoms with Gasteiger partial charge in [0.2, 0.25) is 5.71 Å². The maximum Gasteiger partial charge on any atom is 0.226 e. The molecule has 3 aromatic rings. The van der Waals surface area contributed by atoms with Crippen molar-refractivity contribution in [3.05, 3.63) is 47.1 Å². The molecule has 2 aromatic heterocycles. The molecule has 3 nitrogen and oxygen atoms in total. The maximum absolute atomic E-state index is 5.71. The highest BCUT2D eigenvalue weighted by Crippen LogP contribution is 2.29. The van der Waals surface area contributed by atoms with Crippen LogP contribution in [0.4, 0.5) is 0 Å². The first kappa shape index (κ1) is 11.3. The first-order chi connectivity index (χ1) is 8.76. The Labute approximate surface area is 113 Å². The molecule has 4 heteroatoms.